The standard InChI is InChI=1S/C26H23NO6/c1-15-20-13-17(27-26(29)16-6-5-7-18(12-16)30-2)8-10-23(20)33-25(15)24(28)21-14-19(31-3)9-11-22(21)32-4/h5-14H,1-4H3,(H,27,29). The van der Waals surface area contributed by atoms with Gasteiger partial charge in [-0.3, -0.25) is 9.59 Å². The number of methoxy groups -OCH3 is 3. The van der Waals surface area contributed by atoms with Gasteiger partial charge in [-0.25, -0.2) is 0 Å². The Hall–Kier alpha value is -4.26. The van der Waals surface area contributed by atoms with Crippen molar-refractivity contribution < 1.29 is 28.2 Å². The molecule has 33 heavy (non-hydrogen) atoms. The summed E-state index contributed by atoms with van der Waals surface area (Å²) in [5.74, 6) is 1.17. The van der Waals surface area contributed by atoms with Gasteiger partial charge in [0.1, 0.15) is 22.8 Å². The second-order valence-electron chi connectivity index (χ2n) is 7.35. The number of anilines is 1. The Kier molecular flexibility index (Phi) is 6.04. The zero-order chi connectivity index (χ0) is 23.5. The molecule has 1 aromatic heterocycles. The summed E-state index contributed by atoms with van der Waals surface area (Å²) in [4.78, 5) is 25.9. The predicted octanol–water partition coefficient (Wildman–Crippen LogP) is 5.25. The van der Waals surface area contributed by atoms with Crippen molar-refractivity contribution in [2.45, 2.75) is 6.92 Å². The maximum Gasteiger partial charge on any atom is 0.255 e. The number of ketones is 1. The SMILES string of the molecule is COc1cccc(C(=O)Nc2ccc3oc(C(=O)c4cc(OC)ccc4OC)c(C)c3c2)c1. The van der Waals surface area contributed by atoms with E-state index in [9.17, 15) is 9.59 Å². The van der Waals surface area contributed by atoms with Crippen LogP contribution in [0, 0.1) is 6.92 Å². The number of ether oxygens (including phenoxy) is 3. The number of benzene rings is 3. The first kappa shape index (κ1) is 22.0. The average Bonchev–Trinajstić information content (AvgIpc) is 3.18. The number of rotatable bonds is 7. The summed E-state index contributed by atoms with van der Waals surface area (Å²) in [5, 5.41) is 3.60. The molecule has 0 fully saturated rings. The van der Waals surface area contributed by atoms with Crippen molar-refractivity contribution in [1.82, 2.24) is 0 Å². The van der Waals surface area contributed by atoms with Crippen molar-refractivity contribution in [3.8, 4) is 17.2 Å². The van der Waals surface area contributed by atoms with Gasteiger partial charge >= 0.3 is 0 Å². The van der Waals surface area contributed by atoms with Crippen molar-refractivity contribution in [2.75, 3.05) is 26.6 Å². The maximum absolute atomic E-state index is 13.3. The van der Waals surface area contributed by atoms with E-state index in [0.29, 0.717) is 45.2 Å². The minimum Gasteiger partial charge on any atom is -0.497 e. The molecule has 0 atom stereocenters. The topological polar surface area (TPSA) is 87.0 Å². The summed E-state index contributed by atoms with van der Waals surface area (Å²) in [6, 6.07) is 17.1. The molecule has 0 bridgehead atoms. The van der Waals surface area contributed by atoms with E-state index < -0.39 is 0 Å². The van der Waals surface area contributed by atoms with E-state index in [2.05, 4.69) is 5.32 Å². The highest BCUT2D eigenvalue weighted by molar-refractivity contribution is 6.12. The number of hydrogen-bond donors (Lipinski definition) is 1. The number of nitrogens with one attached hydrogen (secondary N) is 1. The van der Waals surface area contributed by atoms with Gasteiger partial charge in [-0.15, -0.1) is 0 Å². The molecule has 7 nitrogen and oxygen atoms in total. The molecule has 1 amide bonds. The van der Waals surface area contributed by atoms with E-state index in [1.54, 1.807) is 74.7 Å². The average molecular weight is 445 g/mol. The molecule has 4 rings (SSSR count). The van der Waals surface area contributed by atoms with Crippen LogP contribution in [-0.4, -0.2) is 33.0 Å². The van der Waals surface area contributed by atoms with Gasteiger partial charge in [-0.1, -0.05) is 6.07 Å². The summed E-state index contributed by atoms with van der Waals surface area (Å²) < 4.78 is 21.7. The molecule has 168 valence electrons. The fraction of sp³-hybridized carbons (Fsp3) is 0.154. The predicted molar refractivity (Wildman–Crippen MR) is 125 cm³/mol. The Balaban J connectivity index is 1.66. The third-order valence-corrected chi connectivity index (χ3v) is 5.38. The largest absolute Gasteiger partial charge is 0.497 e. The van der Waals surface area contributed by atoms with Crippen LogP contribution in [0.3, 0.4) is 0 Å². The number of aryl methyl sites for hydroxylation is 1. The molecule has 0 unspecified atom stereocenters. The smallest absolute Gasteiger partial charge is 0.255 e. The minimum atomic E-state index is -0.318. The first-order valence-corrected chi connectivity index (χ1v) is 10.2. The molecular formula is C26H23NO6. The van der Waals surface area contributed by atoms with Gasteiger partial charge in [0, 0.05) is 22.2 Å². The molecule has 1 N–H and O–H groups in total. The lowest BCUT2D eigenvalue weighted by molar-refractivity contribution is 0.100. The monoisotopic (exact) mass is 445 g/mol. The van der Waals surface area contributed by atoms with Crippen LogP contribution in [0.5, 0.6) is 17.2 Å². The van der Waals surface area contributed by atoms with Crippen LogP contribution in [-0.2, 0) is 0 Å². The second-order valence-corrected chi connectivity index (χ2v) is 7.35. The van der Waals surface area contributed by atoms with Crippen molar-refractivity contribution in [1.29, 1.82) is 0 Å². The van der Waals surface area contributed by atoms with Crippen molar-refractivity contribution in [3.05, 3.63) is 83.1 Å². The van der Waals surface area contributed by atoms with Gasteiger partial charge in [0.05, 0.1) is 26.9 Å². The van der Waals surface area contributed by atoms with Crippen LogP contribution in [0.15, 0.2) is 65.1 Å². The van der Waals surface area contributed by atoms with Gasteiger partial charge in [0.25, 0.3) is 5.91 Å². The van der Waals surface area contributed by atoms with Crippen LogP contribution in [0.1, 0.15) is 32.0 Å². The van der Waals surface area contributed by atoms with Crippen LogP contribution < -0.4 is 19.5 Å². The van der Waals surface area contributed by atoms with E-state index in [4.69, 9.17) is 18.6 Å². The van der Waals surface area contributed by atoms with Crippen molar-refractivity contribution in [3.63, 3.8) is 0 Å². The number of fused-ring (bicyclic) bond motifs is 1. The van der Waals surface area contributed by atoms with Gasteiger partial charge in [0.15, 0.2) is 5.76 Å². The molecule has 0 radical (unpaired) electrons. The fourth-order valence-electron chi connectivity index (χ4n) is 3.60. The Labute approximate surface area is 190 Å². The fourth-order valence-corrected chi connectivity index (χ4v) is 3.60. The summed E-state index contributed by atoms with van der Waals surface area (Å²) in [7, 11) is 4.58. The van der Waals surface area contributed by atoms with E-state index in [-0.39, 0.29) is 17.5 Å². The molecule has 3 aromatic carbocycles. The van der Waals surface area contributed by atoms with E-state index in [0.717, 1.165) is 5.39 Å². The molecule has 0 aliphatic heterocycles. The van der Waals surface area contributed by atoms with Gasteiger partial charge in [-0.2, -0.15) is 0 Å². The quantitative estimate of drug-likeness (QED) is 0.391. The normalized spacial score (nSPS) is 10.7. The van der Waals surface area contributed by atoms with Crippen LogP contribution in [0.2, 0.25) is 0 Å². The lowest BCUT2D eigenvalue weighted by Gasteiger charge is -2.09. The van der Waals surface area contributed by atoms with Crippen LogP contribution >= 0.6 is 0 Å². The first-order valence-electron chi connectivity index (χ1n) is 10.2. The zero-order valence-electron chi connectivity index (χ0n) is 18.7. The molecule has 1 heterocycles. The molecule has 0 saturated heterocycles. The molecule has 0 aliphatic carbocycles. The summed E-state index contributed by atoms with van der Waals surface area (Å²) in [6.45, 7) is 1.80. The van der Waals surface area contributed by atoms with Crippen molar-refractivity contribution >= 4 is 28.3 Å². The first-order chi connectivity index (χ1) is 15.9. The maximum atomic E-state index is 13.3. The van der Waals surface area contributed by atoms with E-state index in [1.165, 1.54) is 14.2 Å². The number of furan rings is 1. The molecule has 7 heteroatoms. The Morgan fingerprint density at radius 3 is 2.33 bits per heavy atom. The van der Waals surface area contributed by atoms with Gasteiger partial charge in [-0.05, 0) is 61.5 Å². The number of carbonyl (C=O) groups is 2. The summed E-state index contributed by atoms with van der Waals surface area (Å²) in [6.07, 6.45) is 0. The summed E-state index contributed by atoms with van der Waals surface area (Å²) in [5.41, 5.74) is 2.59. The van der Waals surface area contributed by atoms with Crippen molar-refractivity contribution in [2.24, 2.45) is 0 Å². The molecular weight excluding hydrogens is 422 g/mol. The lowest BCUT2D eigenvalue weighted by Crippen LogP contribution is -2.11. The zero-order valence-corrected chi connectivity index (χ0v) is 18.7. The van der Waals surface area contributed by atoms with E-state index >= 15 is 0 Å². The minimum absolute atomic E-state index is 0.202. The third kappa shape index (κ3) is 4.25. The Morgan fingerprint density at radius 2 is 1.61 bits per heavy atom. The van der Waals surface area contributed by atoms with E-state index in [1.807, 2.05) is 0 Å². The lowest BCUT2D eigenvalue weighted by atomic mass is 10.0. The highest BCUT2D eigenvalue weighted by Gasteiger charge is 2.23. The highest BCUT2D eigenvalue weighted by Crippen LogP contribution is 2.33. The van der Waals surface area contributed by atoms with Gasteiger partial charge < -0.3 is 23.9 Å². The Bertz CT molecular complexity index is 1350. The van der Waals surface area contributed by atoms with Crippen LogP contribution in [0.4, 0.5) is 5.69 Å². The third-order valence-electron chi connectivity index (χ3n) is 5.38. The molecule has 0 aliphatic rings. The second kappa shape index (κ2) is 9.08. The highest BCUT2D eigenvalue weighted by atomic mass is 16.5. The van der Waals surface area contributed by atoms with Crippen LogP contribution in [0.25, 0.3) is 11.0 Å². The molecule has 0 spiro atoms. The number of hydrogen-bond acceptors (Lipinski definition) is 6. The number of carbonyl (C=O) groups excluding carboxylic acids is 2. The number of amides is 1. The Morgan fingerprint density at radius 1 is 0.848 bits per heavy atom. The van der Waals surface area contributed by atoms with Gasteiger partial charge in [0.2, 0.25) is 5.78 Å². The molecule has 4 aromatic rings. The molecule has 0 saturated carbocycles. The summed E-state index contributed by atoms with van der Waals surface area (Å²) >= 11 is 0.